The zero-order valence-electron chi connectivity index (χ0n) is 11.5. The molecule has 0 amide bonds. The summed E-state index contributed by atoms with van der Waals surface area (Å²) in [7, 11) is 0. The van der Waals surface area contributed by atoms with Crippen LogP contribution >= 0.6 is 0 Å². The number of anilines is 1. The molecule has 104 valence electrons. The molecule has 0 spiro atoms. The first kappa shape index (κ1) is 13.1. The lowest BCUT2D eigenvalue weighted by Gasteiger charge is -2.10. The van der Waals surface area contributed by atoms with Crippen LogP contribution in [0.1, 0.15) is 16.7 Å². The summed E-state index contributed by atoms with van der Waals surface area (Å²) in [6.45, 7) is 2.81. The van der Waals surface area contributed by atoms with Crippen molar-refractivity contribution in [2.45, 2.75) is 19.4 Å². The first-order chi connectivity index (χ1) is 9.83. The van der Waals surface area contributed by atoms with Gasteiger partial charge in [-0.2, -0.15) is 0 Å². The maximum absolute atomic E-state index is 12.8. The summed E-state index contributed by atoms with van der Waals surface area (Å²) in [5.74, 6) is -0.173. The number of nitrogens with one attached hydrogen (secondary N) is 2. The smallest absolute Gasteiger partial charge is 0.123 e. The summed E-state index contributed by atoms with van der Waals surface area (Å²) in [6, 6.07) is 13.2. The summed E-state index contributed by atoms with van der Waals surface area (Å²) in [4.78, 5) is 0. The first-order valence-corrected chi connectivity index (χ1v) is 7.13. The van der Waals surface area contributed by atoms with Gasteiger partial charge in [-0.25, -0.2) is 4.39 Å². The van der Waals surface area contributed by atoms with E-state index < -0.39 is 0 Å². The van der Waals surface area contributed by atoms with E-state index in [1.807, 2.05) is 12.1 Å². The van der Waals surface area contributed by atoms with Crippen LogP contribution in [0.4, 0.5) is 10.1 Å². The highest BCUT2D eigenvalue weighted by molar-refractivity contribution is 5.61. The van der Waals surface area contributed by atoms with E-state index in [2.05, 4.69) is 28.8 Å². The summed E-state index contributed by atoms with van der Waals surface area (Å²) in [6.07, 6.45) is 2.04. The highest BCUT2D eigenvalue weighted by atomic mass is 19.1. The number of hydrogen-bond acceptors (Lipinski definition) is 2. The molecule has 3 heteroatoms. The molecule has 0 atom stereocenters. The topological polar surface area (TPSA) is 24.1 Å². The lowest BCUT2D eigenvalue weighted by Crippen LogP contribution is -2.17. The second-order valence-corrected chi connectivity index (χ2v) is 5.18. The van der Waals surface area contributed by atoms with Crippen molar-refractivity contribution in [3.8, 4) is 0 Å². The Labute approximate surface area is 119 Å². The number of fused-ring (bicyclic) bond motifs is 1. The number of halogens is 1. The molecule has 0 saturated carbocycles. The second kappa shape index (κ2) is 6.06. The van der Waals surface area contributed by atoms with Crippen molar-refractivity contribution in [3.63, 3.8) is 0 Å². The molecule has 0 aliphatic carbocycles. The van der Waals surface area contributed by atoms with Crippen molar-refractivity contribution >= 4 is 5.69 Å². The van der Waals surface area contributed by atoms with E-state index >= 15 is 0 Å². The second-order valence-electron chi connectivity index (χ2n) is 5.18. The van der Waals surface area contributed by atoms with Gasteiger partial charge in [0.05, 0.1) is 0 Å². The maximum Gasteiger partial charge on any atom is 0.123 e. The van der Waals surface area contributed by atoms with Gasteiger partial charge in [-0.05, 0) is 48.2 Å². The van der Waals surface area contributed by atoms with Crippen LogP contribution < -0.4 is 10.6 Å². The molecule has 20 heavy (non-hydrogen) atoms. The van der Waals surface area contributed by atoms with Crippen LogP contribution in [-0.4, -0.2) is 13.1 Å². The molecule has 2 aromatic carbocycles. The fourth-order valence-electron chi connectivity index (χ4n) is 2.67. The average Bonchev–Trinajstić information content (AvgIpc) is 2.94. The molecule has 0 bridgehead atoms. The molecular formula is C17H19FN2. The predicted octanol–water partition coefficient (Wildman–Crippen LogP) is 3.13. The van der Waals surface area contributed by atoms with Gasteiger partial charge in [0, 0.05) is 18.8 Å². The Hall–Kier alpha value is -1.87. The zero-order valence-corrected chi connectivity index (χ0v) is 11.5. The highest BCUT2D eigenvalue weighted by Crippen LogP contribution is 2.26. The largest absolute Gasteiger partial charge is 0.384 e. The molecule has 0 aromatic heterocycles. The molecule has 0 radical (unpaired) electrons. The van der Waals surface area contributed by atoms with Crippen LogP contribution in [0.15, 0.2) is 42.5 Å². The van der Waals surface area contributed by atoms with E-state index in [0.717, 1.165) is 38.0 Å². The fourth-order valence-corrected chi connectivity index (χ4v) is 2.67. The lowest BCUT2D eigenvalue weighted by atomic mass is 10.1. The third-order valence-electron chi connectivity index (χ3n) is 3.75. The van der Waals surface area contributed by atoms with E-state index in [9.17, 15) is 4.39 Å². The summed E-state index contributed by atoms with van der Waals surface area (Å²) in [5, 5.41) is 6.91. The highest BCUT2D eigenvalue weighted by Gasteiger charge is 2.12. The number of hydrogen-bond donors (Lipinski definition) is 2. The fraction of sp³-hybridized carbons (Fsp3) is 0.294. The molecule has 2 N–H and O–H groups in total. The summed E-state index contributed by atoms with van der Waals surface area (Å²) < 4.78 is 12.8. The van der Waals surface area contributed by atoms with Crippen LogP contribution in [0.25, 0.3) is 0 Å². The molecule has 1 aliphatic rings. The minimum absolute atomic E-state index is 0.173. The van der Waals surface area contributed by atoms with Crippen LogP contribution in [0, 0.1) is 5.82 Å². The lowest BCUT2D eigenvalue weighted by molar-refractivity contribution is 0.626. The van der Waals surface area contributed by atoms with Crippen molar-refractivity contribution in [1.29, 1.82) is 0 Å². The predicted molar refractivity (Wildman–Crippen MR) is 80.4 cm³/mol. The normalized spacial score (nSPS) is 13.1. The van der Waals surface area contributed by atoms with Crippen LogP contribution in [0.3, 0.4) is 0 Å². The van der Waals surface area contributed by atoms with E-state index in [-0.39, 0.29) is 5.82 Å². The van der Waals surface area contributed by atoms with E-state index in [4.69, 9.17) is 0 Å². The molecule has 0 saturated heterocycles. The van der Waals surface area contributed by atoms with Crippen molar-refractivity contribution in [2.24, 2.45) is 0 Å². The van der Waals surface area contributed by atoms with Gasteiger partial charge in [-0.1, -0.05) is 30.3 Å². The molecule has 3 rings (SSSR count). The Morgan fingerprint density at radius 2 is 1.95 bits per heavy atom. The SMILES string of the molecule is Fc1ccc(CCNCc2cccc3c2NCC3)cc1. The Morgan fingerprint density at radius 1 is 1.10 bits per heavy atom. The van der Waals surface area contributed by atoms with Gasteiger partial charge in [-0.3, -0.25) is 0 Å². The molecule has 0 unspecified atom stereocenters. The summed E-state index contributed by atoms with van der Waals surface area (Å²) in [5.41, 5.74) is 5.22. The van der Waals surface area contributed by atoms with Gasteiger partial charge in [0.2, 0.25) is 0 Å². The molecule has 2 nitrogen and oxygen atoms in total. The van der Waals surface area contributed by atoms with E-state index in [1.165, 1.54) is 28.9 Å². The Kier molecular flexibility index (Phi) is 3.97. The van der Waals surface area contributed by atoms with Crippen molar-refractivity contribution < 1.29 is 4.39 Å². The molecule has 1 heterocycles. The van der Waals surface area contributed by atoms with E-state index in [0.29, 0.717) is 0 Å². The maximum atomic E-state index is 12.8. The zero-order chi connectivity index (χ0) is 13.8. The standard InChI is InChI=1S/C17H19FN2/c18-16-6-4-13(5-7-16)8-10-19-12-15-3-1-2-14-9-11-20-17(14)15/h1-7,19-20H,8-12H2. The van der Waals surface area contributed by atoms with Gasteiger partial charge in [0.25, 0.3) is 0 Å². The van der Waals surface area contributed by atoms with Crippen molar-refractivity contribution in [3.05, 3.63) is 65.0 Å². The third-order valence-corrected chi connectivity index (χ3v) is 3.75. The van der Waals surface area contributed by atoms with E-state index in [1.54, 1.807) is 0 Å². The van der Waals surface area contributed by atoms with Gasteiger partial charge in [0.15, 0.2) is 0 Å². The van der Waals surface area contributed by atoms with Gasteiger partial charge >= 0.3 is 0 Å². The van der Waals surface area contributed by atoms with Crippen LogP contribution in [0.5, 0.6) is 0 Å². The minimum Gasteiger partial charge on any atom is -0.384 e. The number of rotatable bonds is 5. The Bertz CT molecular complexity index is 578. The summed E-state index contributed by atoms with van der Waals surface area (Å²) >= 11 is 0. The minimum atomic E-state index is -0.173. The van der Waals surface area contributed by atoms with Crippen molar-refractivity contribution in [1.82, 2.24) is 5.32 Å². The van der Waals surface area contributed by atoms with Crippen LogP contribution in [-0.2, 0) is 19.4 Å². The third kappa shape index (κ3) is 2.99. The van der Waals surface area contributed by atoms with Gasteiger partial charge in [-0.15, -0.1) is 0 Å². The number of para-hydroxylation sites is 1. The monoisotopic (exact) mass is 270 g/mol. The molecule has 0 fully saturated rings. The average molecular weight is 270 g/mol. The van der Waals surface area contributed by atoms with Crippen LogP contribution in [0.2, 0.25) is 0 Å². The van der Waals surface area contributed by atoms with Gasteiger partial charge in [0.1, 0.15) is 5.82 Å². The molecule has 1 aliphatic heterocycles. The van der Waals surface area contributed by atoms with Crippen molar-refractivity contribution in [2.75, 3.05) is 18.4 Å². The molecule has 2 aromatic rings. The first-order valence-electron chi connectivity index (χ1n) is 7.13. The van der Waals surface area contributed by atoms with Gasteiger partial charge < -0.3 is 10.6 Å². The number of benzene rings is 2. The Balaban J connectivity index is 1.51. The quantitative estimate of drug-likeness (QED) is 0.816. The molecular weight excluding hydrogens is 251 g/mol. The Morgan fingerprint density at radius 3 is 2.80 bits per heavy atom.